The fraction of sp³-hybridized carbons (Fsp3) is 0.0448. The molecule has 0 radical (unpaired) electrons. The van der Waals surface area contributed by atoms with Crippen LogP contribution in [-0.2, 0) is 5.41 Å². The summed E-state index contributed by atoms with van der Waals surface area (Å²) >= 11 is 0. The molecular weight excluding hydrogens is 875 g/mol. The number of nitrogens with zero attached hydrogens (tertiary/aromatic N) is 5. The summed E-state index contributed by atoms with van der Waals surface area (Å²) in [5.74, 6) is 0.856. The third-order valence-electron chi connectivity index (χ3n) is 14.9. The molecule has 0 bridgehead atoms. The van der Waals surface area contributed by atoms with Gasteiger partial charge in [0.15, 0.2) is 0 Å². The van der Waals surface area contributed by atoms with Gasteiger partial charge in [-0.1, -0.05) is 166 Å². The third-order valence-corrected chi connectivity index (χ3v) is 14.9. The molecule has 0 aliphatic heterocycles. The van der Waals surface area contributed by atoms with Crippen molar-refractivity contribution in [1.82, 2.24) is 19.1 Å². The van der Waals surface area contributed by atoms with E-state index >= 15 is 0 Å². The molecule has 13 aromatic rings. The first-order valence-corrected chi connectivity index (χ1v) is 24.7. The fourth-order valence-corrected chi connectivity index (χ4v) is 11.4. The van der Waals surface area contributed by atoms with E-state index in [9.17, 15) is 0 Å². The molecule has 0 fully saturated rings. The van der Waals surface area contributed by atoms with Crippen molar-refractivity contribution in [2.24, 2.45) is 0 Å². The fourth-order valence-electron chi connectivity index (χ4n) is 11.4. The Kier molecular flexibility index (Phi) is 9.48. The summed E-state index contributed by atoms with van der Waals surface area (Å²) < 4.78 is 4.66. The number of rotatable bonds is 8. The van der Waals surface area contributed by atoms with Crippen LogP contribution in [0.5, 0.6) is 0 Å². The first kappa shape index (κ1) is 41.6. The summed E-state index contributed by atoms with van der Waals surface area (Å²) in [7, 11) is 0. The van der Waals surface area contributed by atoms with Gasteiger partial charge in [-0.05, 0) is 130 Å². The SMILES string of the molecule is CC1(C)c2ccccc2-c2ccc(N(c3ccc(-c4ccc5c(c4)c4ccccc4n5-c4ccccc4)cc3)c3ccc(-c4nc5c6ccccc6nc(-c6ccccc6)c5n4-c4ccccc4)cc3)cc21. The number of hydrogen-bond donors (Lipinski definition) is 0. The first-order chi connectivity index (χ1) is 35.5. The topological polar surface area (TPSA) is 38.9 Å². The van der Waals surface area contributed by atoms with Gasteiger partial charge in [-0.3, -0.25) is 4.57 Å². The molecule has 0 amide bonds. The number of para-hydroxylation sites is 4. The average molecular weight is 922 g/mol. The van der Waals surface area contributed by atoms with Gasteiger partial charge < -0.3 is 9.47 Å². The Morgan fingerprint density at radius 1 is 0.375 bits per heavy atom. The minimum Gasteiger partial charge on any atom is -0.310 e. The zero-order chi connectivity index (χ0) is 47.9. The van der Waals surface area contributed by atoms with Crippen molar-refractivity contribution >= 4 is 60.8 Å². The number of imidazole rings is 1. The Hall–Kier alpha value is -9.32. The molecule has 10 aromatic carbocycles. The molecule has 5 nitrogen and oxygen atoms in total. The monoisotopic (exact) mass is 921 g/mol. The second-order valence-electron chi connectivity index (χ2n) is 19.4. The van der Waals surface area contributed by atoms with Crippen molar-refractivity contribution in [1.29, 1.82) is 0 Å². The lowest BCUT2D eigenvalue weighted by Crippen LogP contribution is -2.16. The van der Waals surface area contributed by atoms with Gasteiger partial charge >= 0.3 is 0 Å². The molecule has 14 rings (SSSR count). The minimum atomic E-state index is -0.155. The summed E-state index contributed by atoms with van der Waals surface area (Å²) in [6.45, 7) is 4.70. The molecule has 1 aliphatic carbocycles. The second kappa shape index (κ2) is 16.4. The van der Waals surface area contributed by atoms with Crippen LogP contribution in [0.15, 0.2) is 249 Å². The predicted octanol–water partition coefficient (Wildman–Crippen LogP) is 17.4. The van der Waals surface area contributed by atoms with E-state index in [0.717, 1.165) is 78.6 Å². The largest absolute Gasteiger partial charge is 0.310 e. The molecule has 340 valence electrons. The lowest BCUT2D eigenvalue weighted by molar-refractivity contribution is 0.660. The second-order valence-corrected chi connectivity index (χ2v) is 19.4. The van der Waals surface area contributed by atoms with Crippen molar-refractivity contribution in [2.75, 3.05) is 4.90 Å². The number of hydrogen-bond acceptors (Lipinski definition) is 3. The van der Waals surface area contributed by atoms with E-state index in [-0.39, 0.29) is 5.41 Å². The van der Waals surface area contributed by atoms with Gasteiger partial charge in [0.1, 0.15) is 16.9 Å². The summed E-state index contributed by atoms with van der Waals surface area (Å²) in [6, 6.07) is 89.5. The van der Waals surface area contributed by atoms with Crippen LogP contribution in [-0.4, -0.2) is 19.1 Å². The Morgan fingerprint density at radius 2 is 0.931 bits per heavy atom. The maximum atomic E-state index is 5.54. The van der Waals surface area contributed by atoms with Gasteiger partial charge in [-0.2, -0.15) is 0 Å². The van der Waals surface area contributed by atoms with Crippen LogP contribution in [0.2, 0.25) is 0 Å². The summed E-state index contributed by atoms with van der Waals surface area (Å²) in [5.41, 5.74) is 21.1. The van der Waals surface area contributed by atoms with Crippen LogP contribution >= 0.6 is 0 Å². The summed E-state index contributed by atoms with van der Waals surface area (Å²) in [6.07, 6.45) is 0. The number of benzene rings is 10. The molecule has 0 atom stereocenters. The van der Waals surface area contributed by atoms with E-state index in [1.807, 2.05) is 0 Å². The molecule has 0 N–H and O–H groups in total. The predicted molar refractivity (Wildman–Crippen MR) is 299 cm³/mol. The van der Waals surface area contributed by atoms with Gasteiger partial charge in [0, 0.05) is 61.1 Å². The van der Waals surface area contributed by atoms with Crippen molar-refractivity contribution in [2.45, 2.75) is 19.3 Å². The molecule has 0 spiro atoms. The van der Waals surface area contributed by atoms with E-state index < -0.39 is 0 Å². The van der Waals surface area contributed by atoms with Crippen LogP contribution < -0.4 is 4.90 Å². The zero-order valence-corrected chi connectivity index (χ0v) is 39.9. The van der Waals surface area contributed by atoms with Crippen molar-refractivity contribution in [3.63, 3.8) is 0 Å². The van der Waals surface area contributed by atoms with Gasteiger partial charge in [0.05, 0.1) is 22.2 Å². The van der Waals surface area contributed by atoms with Gasteiger partial charge in [0.2, 0.25) is 0 Å². The maximum Gasteiger partial charge on any atom is 0.145 e. The molecule has 72 heavy (non-hydrogen) atoms. The van der Waals surface area contributed by atoms with Crippen LogP contribution in [0.1, 0.15) is 25.0 Å². The number of anilines is 3. The highest BCUT2D eigenvalue weighted by molar-refractivity contribution is 6.11. The third kappa shape index (κ3) is 6.55. The standard InChI is InChI=1S/C67H47N5/c1-67(2)58-27-15-12-24-53(58)54-40-39-52(43-59(54)67)70(50-35-30-44(31-36-50)47-34-41-62-57(42-47)55-25-14-17-29-61(55)71(62)48-20-8-4-9-21-48)51-37-32-46(33-38-51)66-69-64-56-26-13-16-28-60(56)68-63(45-18-6-3-7-19-45)65(64)72(66)49-22-10-5-11-23-49/h3-43H,1-2H3. The quantitative estimate of drug-likeness (QED) is 0.152. The first-order valence-electron chi connectivity index (χ1n) is 24.7. The molecule has 3 heterocycles. The van der Waals surface area contributed by atoms with Crippen molar-refractivity contribution in [3.8, 4) is 56.3 Å². The minimum absolute atomic E-state index is 0.155. The molecule has 0 saturated carbocycles. The molecule has 0 unspecified atom stereocenters. The van der Waals surface area contributed by atoms with E-state index in [1.54, 1.807) is 0 Å². The van der Waals surface area contributed by atoms with Gasteiger partial charge in [-0.15, -0.1) is 0 Å². The van der Waals surface area contributed by atoms with Gasteiger partial charge in [-0.25, -0.2) is 9.97 Å². The average Bonchev–Trinajstić information content (AvgIpc) is 4.08. The molecule has 5 heteroatoms. The van der Waals surface area contributed by atoms with Crippen molar-refractivity contribution < 1.29 is 0 Å². The Labute approximate surface area is 418 Å². The smallest absolute Gasteiger partial charge is 0.145 e. The van der Waals surface area contributed by atoms with Crippen LogP contribution in [0, 0.1) is 0 Å². The molecule has 0 saturated heterocycles. The Bertz CT molecular complexity index is 4210. The Morgan fingerprint density at radius 3 is 1.67 bits per heavy atom. The van der Waals surface area contributed by atoms with E-state index in [1.165, 1.54) is 49.6 Å². The van der Waals surface area contributed by atoms with Crippen molar-refractivity contribution in [3.05, 3.63) is 260 Å². The molecule has 1 aliphatic rings. The summed E-state index contributed by atoms with van der Waals surface area (Å²) in [4.78, 5) is 13.2. The highest BCUT2D eigenvalue weighted by Gasteiger charge is 2.36. The number of fused-ring (bicyclic) bond motifs is 9. The van der Waals surface area contributed by atoms with E-state index in [2.05, 4.69) is 277 Å². The zero-order valence-electron chi connectivity index (χ0n) is 39.9. The van der Waals surface area contributed by atoms with E-state index in [0.29, 0.717) is 0 Å². The highest BCUT2D eigenvalue weighted by Crippen LogP contribution is 2.51. The lowest BCUT2D eigenvalue weighted by Gasteiger charge is -2.28. The molecule has 3 aromatic heterocycles. The highest BCUT2D eigenvalue weighted by atomic mass is 15.1. The number of pyridine rings is 1. The van der Waals surface area contributed by atoms with E-state index in [4.69, 9.17) is 9.97 Å². The number of aromatic nitrogens is 4. The summed E-state index contributed by atoms with van der Waals surface area (Å²) in [5, 5.41) is 3.50. The maximum absolute atomic E-state index is 5.54. The van der Waals surface area contributed by atoms with Crippen LogP contribution in [0.4, 0.5) is 17.1 Å². The molecular formula is C67H47N5. The Balaban J connectivity index is 0.910. The van der Waals surface area contributed by atoms with Crippen LogP contribution in [0.25, 0.3) is 100 Å². The normalized spacial score (nSPS) is 12.7. The van der Waals surface area contributed by atoms with Gasteiger partial charge in [0.25, 0.3) is 0 Å². The lowest BCUT2D eigenvalue weighted by atomic mass is 9.82. The van der Waals surface area contributed by atoms with Crippen LogP contribution in [0.3, 0.4) is 0 Å².